The zero-order valence-corrected chi connectivity index (χ0v) is 11.0. The Kier molecular flexibility index (Phi) is 5.03. The quantitative estimate of drug-likeness (QED) is 0.824. The van der Waals surface area contributed by atoms with Crippen LogP contribution in [0, 0.1) is 6.92 Å². The van der Waals surface area contributed by atoms with Crippen molar-refractivity contribution in [3.8, 4) is 0 Å². The summed E-state index contributed by atoms with van der Waals surface area (Å²) >= 11 is 0. The zero-order chi connectivity index (χ0) is 13.7. The Morgan fingerprint density at radius 1 is 1.44 bits per heavy atom. The second-order valence-corrected chi connectivity index (χ2v) is 5.42. The average Bonchev–Trinajstić information content (AvgIpc) is 2.27. The molecule has 0 saturated carbocycles. The van der Waals surface area contributed by atoms with Gasteiger partial charge in [-0.1, -0.05) is 12.1 Å². The minimum atomic E-state index is -1.46. The van der Waals surface area contributed by atoms with Gasteiger partial charge in [-0.15, -0.1) is 0 Å². The predicted octanol–water partition coefficient (Wildman–Crippen LogP) is 0.692. The molecule has 1 rings (SSSR count). The van der Waals surface area contributed by atoms with Gasteiger partial charge in [-0.3, -0.25) is 9.00 Å². The summed E-state index contributed by atoms with van der Waals surface area (Å²) in [6, 6.07) is 5.90. The van der Waals surface area contributed by atoms with Crippen molar-refractivity contribution in [3.63, 3.8) is 0 Å². The molecule has 0 heterocycles. The lowest BCUT2D eigenvalue weighted by molar-refractivity contribution is -0.140. The van der Waals surface area contributed by atoms with Crippen LogP contribution in [0.4, 0.5) is 0 Å². The second kappa shape index (κ2) is 6.30. The van der Waals surface area contributed by atoms with E-state index in [-0.39, 0.29) is 5.75 Å². The van der Waals surface area contributed by atoms with Gasteiger partial charge in [0.2, 0.25) is 5.91 Å². The van der Waals surface area contributed by atoms with Crippen molar-refractivity contribution >= 4 is 22.7 Å². The fourth-order valence-electron chi connectivity index (χ4n) is 1.42. The number of carbonyl (C=O) groups is 2. The number of aryl methyl sites for hydroxylation is 1. The first-order chi connectivity index (χ1) is 8.40. The molecule has 1 aromatic rings. The van der Waals surface area contributed by atoms with Crippen LogP contribution in [-0.2, 0) is 20.4 Å². The molecular weight excluding hydrogens is 254 g/mol. The lowest BCUT2D eigenvalue weighted by atomic mass is 10.2. The summed E-state index contributed by atoms with van der Waals surface area (Å²) in [7, 11) is -1.46. The molecule has 2 unspecified atom stereocenters. The molecule has 0 aliphatic rings. The third-order valence-corrected chi connectivity index (χ3v) is 3.66. The molecule has 0 aromatic heterocycles. The van der Waals surface area contributed by atoms with Crippen LogP contribution in [0.2, 0.25) is 0 Å². The van der Waals surface area contributed by atoms with Crippen molar-refractivity contribution in [3.05, 3.63) is 29.8 Å². The first-order valence-electron chi connectivity index (χ1n) is 5.35. The SMILES string of the molecule is CC(=O)NC(CS(=O)c1cccc(C)c1)C(=O)O. The number of amides is 1. The number of benzene rings is 1. The van der Waals surface area contributed by atoms with E-state index < -0.39 is 28.7 Å². The Balaban J connectivity index is 2.78. The van der Waals surface area contributed by atoms with Gasteiger partial charge in [-0.05, 0) is 24.6 Å². The third-order valence-electron chi connectivity index (χ3n) is 2.25. The summed E-state index contributed by atoms with van der Waals surface area (Å²) < 4.78 is 12.0. The molecule has 0 bridgehead atoms. The number of hydrogen-bond donors (Lipinski definition) is 2. The molecule has 18 heavy (non-hydrogen) atoms. The Morgan fingerprint density at radius 2 is 2.11 bits per heavy atom. The average molecular weight is 269 g/mol. The Bertz CT molecular complexity index is 487. The lowest BCUT2D eigenvalue weighted by Gasteiger charge is -2.12. The van der Waals surface area contributed by atoms with Crippen molar-refractivity contribution in [2.75, 3.05) is 5.75 Å². The number of rotatable bonds is 5. The first kappa shape index (κ1) is 14.4. The van der Waals surface area contributed by atoms with E-state index in [0.717, 1.165) is 5.56 Å². The van der Waals surface area contributed by atoms with E-state index in [1.54, 1.807) is 18.2 Å². The molecule has 0 saturated heterocycles. The van der Waals surface area contributed by atoms with Crippen LogP contribution >= 0.6 is 0 Å². The molecule has 6 heteroatoms. The topological polar surface area (TPSA) is 83.5 Å². The molecule has 5 nitrogen and oxygen atoms in total. The largest absolute Gasteiger partial charge is 0.480 e. The van der Waals surface area contributed by atoms with Gasteiger partial charge in [0.15, 0.2) is 0 Å². The minimum absolute atomic E-state index is 0.141. The van der Waals surface area contributed by atoms with E-state index in [2.05, 4.69) is 5.32 Å². The predicted molar refractivity (Wildman–Crippen MR) is 67.7 cm³/mol. The van der Waals surface area contributed by atoms with Gasteiger partial charge in [0.05, 0.1) is 16.6 Å². The summed E-state index contributed by atoms with van der Waals surface area (Å²) in [6.07, 6.45) is 0. The summed E-state index contributed by atoms with van der Waals surface area (Å²) in [5.41, 5.74) is 0.951. The molecule has 0 aliphatic carbocycles. The number of aliphatic carboxylic acids is 1. The standard InChI is InChI=1S/C12H15NO4S/c1-8-4-3-5-10(6-8)18(17)7-11(12(15)16)13-9(2)14/h3-6,11H,7H2,1-2H3,(H,13,14)(H,15,16). The fourth-order valence-corrected chi connectivity index (χ4v) is 2.69. The highest BCUT2D eigenvalue weighted by molar-refractivity contribution is 7.85. The van der Waals surface area contributed by atoms with Gasteiger partial charge >= 0.3 is 5.97 Å². The van der Waals surface area contributed by atoms with Crippen LogP contribution in [0.1, 0.15) is 12.5 Å². The Morgan fingerprint density at radius 3 is 2.61 bits per heavy atom. The van der Waals surface area contributed by atoms with E-state index >= 15 is 0 Å². The third kappa shape index (κ3) is 4.29. The molecular formula is C12H15NO4S. The summed E-state index contributed by atoms with van der Waals surface area (Å²) in [5, 5.41) is 11.2. The van der Waals surface area contributed by atoms with E-state index in [1.807, 2.05) is 13.0 Å². The maximum atomic E-state index is 12.0. The van der Waals surface area contributed by atoms with Crippen LogP contribution < -0.4 is 5.32 Å². The van der Waals surface area contributed by atoms with Crippen LogP contribution in [0.5, 0.6) is 0 Å². The van der Waals surface area contributed by atoms with Crippen molar-refractivity contribution in [1.82, 2.24) is 5.32 Å². The zero-order valence-electron chi connectivity index (χ0n) is 10.2. The molecule has 2 atom stereocenters. The molecule has 1 amide bonds. The van der Waals surface area contributed by atoms with E-state index in [1.165, 1.54) is 6.92 Å². The smallest absolute Gasteiger partial charge is 0.327 e. The van der Waals surface area contributed by atoms with E-state index in [9.17, 15) is 13.8 Å². The second-order valence-electron chi connectivity index (χ2n) is 3.92. The van der Waals surface area contributed by atoms with Gasteiger partial charge in [-0.25, -0.2) is 4.79 Å². The van der Waals surface area contributed by atoms with Crippen molar-refractivity contribution in [2.45, 2.75) is 24.8 Å². The highest BCUT2D eigenvalue weighted by atomic mass is 32.2. The number of nitrogens with one attached hydrogen (secondary N) is 1. The Hall–Kier alpha value is -1.69. The van der Waals surface area contributed by atoms with E-state index in [4.69, 9.17) is 5.11 Å². The number of carboxylic acids is 1. The maximum Gasteiger partial charge on any atom is 0.327 e. The van der Waals surface area contributed by atoms with E-state index in [0.29, 0.717) is 4.90 Å². The maximum absolute atomic E-state index is 12.0. The van der Waals surface area contributed by atoms with Gasteiger partial charge in [-0.2, -0.15) is 0 Å². The van der Waals surface area contributed by atoms with Crippen molar-refractivity contribution < 1.29 is 18.9 Å². The summed E-state index contributed by atoms with van der Waals surface area (Å²) in [4.78, 5) is 22.3. The number of carboxylic acid groups (broad SMARTS) is 1. The number of hydrogen-bond acceptors (Lipinski definition) is 3. The van der Waals surface area contributed by atoms with Crippen LogP contribution in [-0.4, -0.2) is 33.0 Å². The van der Waals surface area contributed by atoms with Gasteiger partial charge in [0, 0.05) is 11.8 Å². The molecule has 0 aliphatic heterocycles. The first-order valence-corrected chi connectivity index (χ1v) is 6.67. The molecule has 98 valence electrons. The van der Waals surface area contributed by atoms with Crippen LogP contribution in [0.15, 0.2) is 29.2 Å². The highest BCUT2D eigenvalue weighted by Crippen LogP contribution is 2.10. The molecule has 0 radical (unpaired) electrons. The molecule has 0 spiro atoms. The van der Waals surface area contributed by atoms with Gasteiger partial charge < -0.3 is 10.4 Å². The minimum Gasteiger partial charge on any atom is -0.480 e. The Labute approximate surface area is 108 Å². The van der Waals surface area contributed by atoms with Crippen molar-refractivity contribution in [1.29, 1.82) is 0 Å². The normalized spacial score (nSPS) is 13.7. The van der Waals surface area contributed by atoms with Crippen molar-refractivity contribution in [2.24, 2.45) is 0 Å². The van der Waals surface area contributed by atoms with Crippen LogP contribution in [0.25, 0.3) is 0 Å². The van der Waals surface area contributed by atoms with Gasteiger partial charge in [0.1, 0.15) is 6.04 Å². The summed E-state index contributed by atoms with van der Waals surface area (Å²) in [6.45, 7) is 3.09. The molecule has 2 N–H and O–H groups in total. The highest BCUT2D eigenvalue weighted by Gasteiger charge is 2.21. The van der Waals surface area contributed by atoms with Gasteiger partial charge in [0.25, 0.3) is 0 Å². The fraction of sp³-hybridized carbons (Fsp3) is 0.333. The van der Waals surface area contributed by atoms with Crippen LogP contribution in [0.3, 0.4) is 0 Å². The lowest BCUT2D eigenvalue weighted by Crippen LogP contribution is -2.43. The number of carbonyl (C=O) groups excluding carboxylic acids is 1. The molecule has 0 fully saturated rings. The summed E-state index contributed by atoms with van der Waals surface area (Å²) in [5.74, 6) is -1.78. The monoisotopic (exact) mass is 269 g/mol. The molecule has 1 aromatic carbocycles.